The molecule has 0 unspecified atom stereocenters. The van der Waals surface area contributed by atoms with E-state index in [4.69, 9.17) is 36.7 Å². The lowest BCUT2D eigenvalue weighted by Crippen LogP contribution is -2.52. The fourth-order valence-electron chi connectivity index (χ4n) is 4.21. The second kappa shape index (κ2) is 12.5. The van der Waals surface area contributed by atoms with Gasteiger partial charge in [0.1, 0.15) is 11.9 Å². The number of nitrogens with zero attached hydrogens (tertiary/aromatic N) is 4. The molecule has 0 radical (unpaired) electrons. The van der Waals surface area contributed by atoms with Crippen molar-refractivity contribution in [3.05, 3.63) is 105 Å². The molecule has 4 rings (SSSR count). The number of hydrogen-bond donors (Lipinski definition) is 2. The van der Waals surface area contributed by atoms with Gasteiger partial charge in [0.25, 0.3) is 5.91 Å². The molecular weight excluding hydrogens is 506 g/mol. The molecule has 10 heteroatoms. The zero-order chi connectivity index (χ0) is 27.0. The topological polar surface area (TPSA) is 129 Å². The monoisotopic (exact) mass is 533 g/mol. The molecule has 0 aromatic heterocycles. The van der Waals surface area contributed by atoms with Crippen molar-refractivity contribution in [1.29, 1.82) is 0 Å². The third-order valence-electron chi connectivity index (χ3n) is 6.33. The van der Waals surface area contributed by atoms with Crippen molar-refractivity contribution in [3.8, 4) is 5.75 Å². The van der Waals surface area contributed by atoms with Crippen LogP contribution in [0.1, 0.15) is 30.0 Å². The number of halogens is 1. The fraction of sp³-hybridized carbons (Fsp3) is 0.286. The third kappa shape index (κ3) is 6.08. The minimum Gasteiger partial charge on any atom is -0.494 e. The van der Waals surface area contributed by atoms with Crippen LogP contribution >= 0.6 is 11.6 Å². The average Bonchev–Trinajstić information content (AvgIpc) is 3.26. The van der Waals surface area contributed by atoms with Gasteiger partial charge in [-0.25, -0.2) is 4.99 Å². The molecule has 9 nitrogen and oxygen atoms in total. The summed E-state index contributed by atoms with van der Waals surface area (Å²) in [5.74, 6) is 0.647. The minimum absolute atomic E-state index is 0.0596. The maximum absolute atomic E-state index is 13.8. The van der Waals surface area contributed by atoms with E-state index in [0.29, 0.717) is 46.5 Å². The van der Waals surface area contributed by atoms with Crippen LogP contribution in [0.15, 0.2) is 82.9 Å². The molecule has 0 saturated heterocycles. The Labute approximate surface area is 225 Å². The Morgan fingerprint density at radius 2 is 1.87 bits per heavy atom. The van der Waals surface area contributed by atoms with Crippen LogP contribution in [0.5, 0.6) is 5.75 Å². The highest BCUT2D eigenvalue weighted by molar-refractivity contribution is 6.31. The lowest BCUT2D eigenvalue weighted by Gasteiger charge is -2.28. The molecule has 0 aliphatic carbocycles. The number of carbonyl (C=O) groups is 1. The number of azide groups is 1. The van der Waals surface area contributed by atoms with Gasteiger partial charge < -0.3 is 19.9 Å². The van der Waals surface area contributed by atoms with Crippen LogP contribution in [-0.2, 0) is 22.5 Å². The quantitative estimate of drug-likeness (QED) is 0.146. The molecule has 1 amide bonds. The number of aliphatic hydroxyl groups is 1. The number of nitrogens with one attached hydrogen (secondary N) is 1. The van der Waals surface area contributed by atoms with E-state index in [1.54, 1.807) is 37.3 Å². The van der Waals surface area contributed by atoms with Gasteiger partial charge in [-0.1, -0.05) is 59.2 Å². The van der Waals surface area contributed by atoms with Gasteiger partial charge in [-0.15, -0.1) is 0 Å². The van der Waals surface area contributed by atoms with E-state index in [2.05, 4.69) is 15.3 Å². The average molecular weight is 534 g/mol. The van der Waals surface area contributed by atoms with E-state index in [-0.39, 0.29) is 25.5 Å². The molecule has 0 bridgehead atoms. The van der Waals surface area contributed by atoms with Crippen molar-refractivity contribution in [2.45, 2.75) is 38.0 Å². The van der Waals surface area contributed by atoms with E-state index >= 15 is 0 Å². The normalized spacial score (nSPS) is 18.2. The first-order valence-corrected chi connectivity index (χ1v) is 12.6. The van der Waals surface area contributed by atoms with Gasteiger partial charge in [-0.05, 0) is 53.9 Å². The number of benzene rings is 3. The number of aliphatic imine (C=N–C) groups is 1. The Hall–Kier alpha value is -4.04. The molecular formula is C28H28ClN5O4. The summed E-state index contributed by atoms with van der Waals surface area (Å²) in [6, 6.07) is 21.6. The molecule has 38 heavy (non-hydrogen) atoms. The maximum Gasteiger partial charge on any atom is 0.252 e. The van der Waals surface area contributed by atoms with Gasteiger partial charge in [0.15, 0.2) is 5.54 Å². The summed E-state index contributed by atoms with van der Waals surface area (Å²) >= 11 is 6.30. The van der Waals surface area contributed by atoms with Gasteiger partial charge in [0.05, 0.1) is 6.61 Å². The molecule has 1 aliphatic heterocycles. The molecule has 196 valence electrons. The standard InChI is InChI=1S/C28H28ClN5O4/c1-19-28(17-21-7-3-5-10-25(21)33-34-30,27(36)31-18-22-8-2-4-9-24(22)29)32-26(38-19)20-11-13-23(14-12-20)37-16-6-15-35/h2-5,7-14,19,35H,6,15-18H2,1H3,(H,31,36)/t19-,28-/m1/s1. The molecule has 2 atom stereocenters. The van der Waals surface area contributed by atoms with Crippen LogP contribution in [0.25, 0.3) is 10.4 Å². The molecule has 2 N–H and O–H groups in total. The lowest BCUT2D eigenvalue weighted by molar-refractivity contribution is -0.128. The van der Waals surface area contributed by atoms with Crippen LogP contribution < -0.4 is 10.1 Å². The summed E-state index contributed by atoms with van der Waals surface area (Å²) in [5, 5.41) is 16.3. The predicted octanol–water partition coefficient (Wildman–Crippen LogP) is 5.51. The van der Waals surface area contributed by atoms with E-state index in [1.807, 2.05) is 42.5 Å². The largest absolute Gasteiger partial charge is 0.494 e. The Kier molecular flexibility index (Phi) is 8.86. The van der Waals surface area contributed by atoms with Crippen LogP contribution in [0.4, 0.5) is 5.69 Å². The summed E-state index contributed by atoms with van der Waals surface area (Å²) in [7, 11) is 0. The van der Waals surface area contributed by atoms with Crippen LogP contribution in [0.2, 0.25) is 5.02 Å². The lowest BCUT2D eigenvalue weighted by atomic mass is 9.85. The second-order valence-corrected chi connectivity index (χ2v) is 9.23. The molecule has 1 heterocycles. The van der Waals surface area contributed by atoms with Gasteiger partial charge >= 0.3 is 0 Å². The first kappa shape index (κ1) is 27.0. The molecule has 0 saturated carbocycles. The van der Waals surface area contributed by atoms with Crippen molar-refractivity contribution < 1.29 is 19.4 Å². The first-order chi connectivity index (χ1) is 18.5. The van der Waals surface area contributed by atoms with Gasteiger partial charge in [-0.3, -0.25) is 4.79 Å². The number of hydrogen-bond acceptors (Lipinski definition) is 6. The van der Waals surface area contributed by atoms with Crippen molar-refractivity contribution in [2.75, 3.05) is 13.2 Å². The number of amides is 1. The highest BCUT2D eigenvalue weighted by atomic mass is 35.5. The zero-order valence-electron chi connectivity index (χ0n) is 20.9. The summed E-state index contributed by atoms with van der Waals surface area (Å²) in [5.41, 5.74) is 10.3. The van der Waals surface area contributed by atoms with E-state index in [0.717, 1.165) is 5.56 Å². The minimum atomic E-state index is -1.33. The van der Waals surface area contributed by atoms with Crippen LogP contribution in [0, 0.1) is 0 Å². The number of ether oxygens (including phenoxy) is 2. The summed E-state index contributed by atoms with van der Waals surface area (Å²) in [6.07, 6.45) is 0.0743. The molecule has 0 fully saturated rings. The Balaban J connectivity index is 1.66. The highest BCUT2D eigenvalue weighted by Crippen LogP contribution is 2.35. The first-order valence-electron chi connectivity index (χ1n) is 12.2. The van der Waals surface area contributed by atoms with Crippen molar-refractivity contribution in [2.24, 2.45) is 10.1 Å². The maximum atomic E-state index is 13.8. The SMILES string of the molecule is C[C@H]1OC(c2ccc(OCCCO)cc2)=N[C@@]1(Cc1ccccc1N=[N+]=[N-])C(=O)NCc1ccccc1Cl. The summed E-state index contributed by atoms with van der Waals surface area (Å²) in [6.45, 7) is 2.48. The number of aliphatic hydroxyl groups excluding tert-OH is 1. The fourth-order valence-corrected chi connectivity index (χ4v) is 4.41. The second-order valence-electron chi connectivity index (χ2n) is 8.82. The third-order valence-corrected chi connectivity index (χ3v) is 6.70. The van der Waals surface area contributed by atoms with E-state index in [9.17, 15) is 4.79 Å². The predicted molar refractivity (Wildman–Crippen MR) is 146 cm³/mol. The Morgan fingerprint density at radius 3 is 2.58 bits per heavy atom. The highest BCUT2D eigenvalue weighted by Gasteiger charge is 2.50. The smallest absolute Gasteiger partial charge is 0.252 e. The van der Waals surface area contributed by atoms with E-state index < -0.39 is 11.6 Å². The summed E-state index contributed by atoms with van der Waals surface area (Å²) in [4.78, 5) is 21.6. The number of carbonyl (C=O) groups excluding carboxylic acids is 1. The van der Waals surface area contributed by atoms with E-state index in [1.165, 1.54) is 0 Å². The van der Waals surface area contributed by atoms with Gasteiger partial charge in [-0.2, -0.15) is 0 Å². The molecule has 3 aromatic rings. The zero-order valence-corrected chi connectivity index (χ0v) is 21.6. The van der Waals surface area contributed by atoms with Crippen molar-refractivity contribution in [1.82, 2.24) is 5.32 Å². The molecule has 1 aliphatic rings. The Bertz CT molecular complexity index is 1360. The number of rotatable bonds is 11. The summed E-state index contributed by atoms with van der Waals surface area (Å²) < 4.78 is 11.8. The Morgan fingerprint density at radius 1 is 1.16 bits per heavy atom. The van der Waals surface area contributed by atoms with Crippen molar-refractivity contribution >= 4 is 29.1 Å². The van der Waals surface area contributed by atoms with Gasteiger partial charge in [0, 0.05) is 47.2 Å². The molecule has 3 aromatic carbocycles. The molecule has 0 spiro atoms. The van der Waals surface area contributed by atoms with Crippen molar-refractivity contribution in [3.63, 3.8) is 0 Å². The van der Waals surface area contributed by atoms with Crippen LogP contribution in [-0.4, -0.2) is 41.8 Å². The van der Waals surface area contributed by atoms with Crippen LogP contribution in [0.3, 0.4) is 0 Å². The van der Waals surface area contributed by atoms with Gasteiger partial charge in [0.2, 0.25) is 5.90 Å².